The maximum Gasteiger partial charge on any atom is -0.000960 e. The fraction of sp³-hybridized carbons (Fsp3) is 1.00. The van der Waals surface area contributed by atoms with Crippen LogP contribution in [0.1, 0.15) is 19.3 Å². The Labute approximate surface area is 94.8 Å². The van der Waals surface area contributed by atoms with E-state index < -0.39 is 0 Å². The van der Waals surface area contributed by atoms with Crippen molar-refractivity contribution in [2.24, 2.45) is 5.92 Å². The fourth-order valence-corrected chi connectivity index (χ4v) is 2.13. The molecular formula is C12H27N3. The molecule has 90 valence electrons. The minimum atomic E-state index is 0.932. The summed E-state index contributed by atoms with van der Waals surface area (Å²) in [5.74, 6) is 0.932. The molecule has 0 amide bonds. The second-order valence-corrected chi connectivity index (χ2v) is 5.11. The first-order valence-corrected chi connectivity index (χ1v) is 6.22. The lowest BCUT2D eigenvalue weighted by Crippen LogP contribution is -2.26. The molecule has 1 fully saturated rings. The second-order valence-electron chi connectivity index (χ2n) is 5.11. The normalized spacial score (nSPS) is 21.8. The molecule has 1 atom stereocenters. The zero-order chi connectivity index (χ0) is 11.1. The molecule has 1 aliphatic heterocycles. The van der Waals surface area contributed by atoms with Crippen molar-refractivity contribution in [1.82, 2.24) is 15.1 Å². The molecule has 0 aliphatic carbocycles. The quantitative estimate of drug-likeness (QED) is 0.677. The highest BCUT2D eigenvalue weighted by atomic mass is 15.1. The Bertz CT molecular complexity index is 153. The zero-order valence-corrected chi connectivity index (χ0v) is 10.6. The smallest absolute Gasteiger partial charge is 0.000960 e. The molecule has 3 heteroatoms. The van der Waals surface area contributed by atoms with E-state index in [1.54, 1.807) is 0 Å². The van der Waals surface area contributed by atoms with Crippen LogP contribution < -0.4 is 5.32 Å². The fourth-order valence-electron chi connectivity index (χ4n) is 2.13. The first-order valence-electron chi connectivity index (χ1n) is 6.22. The van der Waals surface area contributed by atoms with E-state index in [0.717, 1.165) is 5.92 Å². The Kier molecular flexibility index (Phi) is 6.22. The molecule has 0 aromatic heterocycles. The first-order chi connectivity index (χ1) is 7.18. The van der Waals surface area contributed by atoms with Crippen molar-refractivity contribution in [2.75, 3.05) is 53.9 Å². The van der Waals surface area contributed by atoms with Gasteiger partial charge in [0.15, 0.2) is 0 Å². The summed E-state index contributed by atoms with van der Waals surface area (Å²) in [6.07, 6.45) is 4.03. The Morgan fingerprint density at radius 2 is 1.93 bits per heavy atom. The second kappa shape index (κ2) is 7.20. The van der Waals surface area contributed by atoms with Crippen LogP contribution in [0.4, 0.5) is 0 Å². The van der Waals surface area contributed by atoms with Crippen LogP contribution in [0.25, 0.3) is 0 Å². The molecule has 0 bridgehead atoms. The van der Waals surface area contributed by atoms with Crippen molar-refractivity contribution in [3.05, 3.63) is 0 Å². The van der Waals surface area contributed by atoms with Gasteiger partial charge in [-0.05, 0) is 79.0 Å². The van der Waals surface area contributed by atoms with E-state index in [0.29, 0.717) is 0 Å². The third-order valence-electron chi connectivity index (χ3n) is 3.23. The summed E-state index contributed by atoms with van der Waals surface area (Å²) in [5.41, 5.74) is 0. The van der Waals surface area contributed by atoms with Gasteiger partial charge < -0.3 is 15.1 Å². The molecule has 0 aromatic carbocycles. The molecule has 0 saturated carbocycles. The van der Waals surface area contributed by atoms with Gasteiger partial charge in [-0.15, -0.1) is 0 Å². The molecule has 1 heterocycles. The number of nitrogens with zero attached hydrogens (tertiary/aromatic N) is 2. The van der Waals surface area contributed by atoms with Crippen LogP contribution in [0.2, 0.25) is 0 Å². The Morgan fingerprint density at radius 1 is 1.13 bits per heavy atom. The first kappa shape index (κ1) is 12.9. The molecule has 0 spiro atoms. The largest absolute Gasteiger partial charge is 0.316 e. The lowest BCUT2D eigenvalue weighted by molar-refractivity contribution is 0.282. The van der Waals surface area contributed by atoms with Crippen LogP contribution in [-0.4, -0.2) is 63.7 Å². The van der Waals surface area contributed by atoms with Crippen molar-refractivity contribution in [2.45, 2.75) is 19.3 Å². The molecule has 1 rings (SSSR count). The van der Waals surface area contributed by atoms with Crippen molar-refractivity contribution < 1.29 is 0 Å². The van der Waals surface area contributed by atoms with Gasteiger partial charge in [0, 0.05) is 0 Å². The topological polar surface area (TPSA) is 18.5 Å². The highest BCUT2D eigenvalue weighted by molar-refractivity contribution is 4.72. The van der Waals surface area contributed by atoms with Crippen LogP contribution in [0.15, 0.2) is 0 Å². The molecule has 0 aromatic rings. The van der Waals surface area contributed by atoms with Gasteiger partial charge in [0.05, 0.1) is 0 Å². The maximum atomic E-state index is 3.43. The molecule has 1 saturated heterocycles. The van der Waals surface area contributed by atoms with Gasteiger partial charge in [0.2, 0.25) is 0 Å². The molecule has 3 nitrogen and oxygen atoms in total. The van der Waals surface area contributed by atoms with Crippen LogP contribution in [0, 0.1) is 5.92 Å². The highest BCUT2D eigenvalue weighted by Gasteiger charge is 2.14. The van der Waals surface area contributed by atoms with Crippen LogP contribution >= 0.6 is 0 Å². The van der Waals surface area contributed by atoms with E-state index >= 15 is 0 Å². The van der Waals surface area contributed by atoms with E-state index in [2.05, 4.69) is 36.3 Å². The van der Waals surface area contributed by atoms with E-state index in [-0.39, 0.29) is 0 Å². The minimum Gasteiger partial charge on any atom is -0.316 e. The molecule has 15 heavy (non-hydrogen) atoms. The Morgan fingerprint density at radius 3 is 2.53 bits per heavy atom. The summed E-state index contributed by atoms with van der Waals surface area (Å²) >= 11 is 0. The summed E-state index contributed by atoms with van der Waals surface area (Å²) in [7, 11) is 6.53. The van der Waals surface area contributed by atoms with E-state index in [1.165, 1.54) is 52.0 Å². The summed E-state index contributed by atoms with van der Waals surface area (Å²) < 4.78 is 0. The summed E-state index contributed by atoms with van der Waals surface area (Å²) in [5, 5.41) is 3.43. The van der Waals surface area contributed by atoms with Gasteiger partial charge in [-0.3, -0.25) is 0 Å². The van der Waals surface area contributed by atoms with Crippen molar-refractivity contribution in [1.29, 1.82) is 0 Å². The maximum absolute atomic E-state index is 3.43. The lowest BCUT2D eigenvalue weighted by atomic mass is 10.1. The highest BCUT2D eigenvalue weighted by Crippen LogP contribution is 2.12. The SMILES string of the molecule is CN(C)CCCN(C)CCC1CCNC1. The summed E-state index contributed by atoms with van der Waals surface area (Å²) in [6, 6.07) is 0. The number of nitrogens with one attached hydrogen (secondary N) is 1. The average Bonchev–Trinajstić information content (AvgIpc) is 2.66. The third kappa shape index (κ3) is 6.13. The average molecular weight is 213 g/mol. The standard InChI is InChI=1S/C12H27N3/c1-14(2)8-4-9-15(3)10-6-12-5-7-13-11-12/h12-13H,4-11H2,1-3H3. The predicted octanol–water partition coefficient (Wildman–Crippen LogP) is 0.869. The van der Waals surface area contributed by atoms with Crippen molar-refractivity contribution in [3.63, 3.8) is 0 Å². The van der Waals surface area contributed by atoms with Crippen LogP contribution in [0.5, 0.6) is 0 Å². The minimum absolute atomic E-state index is 0.932. The molecule has 0 radical (unpaired) electrons. The number of hydrogen-bond donors (Lipinski definition) is 1. The molecule has 1 aliphatic rings. The molecular weight excluding hydrogens is 186 g/mol. The Hall–Kier alpha value is -0.120. The van der Waals surface area contributed by atoms with Crippen LogP contribution in [-0.2, 0) is 0 Å². The molecule has 1 N–H and O–H groups in total. The van der Waals surface area contributed by atoms with Crippen molar-refractivity contribution >= 4 is 0 Å². The third-order valence-corrected chi connectivity index (χ3v) is 3.23. The van der Waals surface area contributed by atoms with E-state index in [4.69, 9.17) is 0 Å². The predicted molar refractivity (Wildman–Crippen MR) is 66.3 cm³/mol. The van der Waals surface area contributed by atoms with Gasteiger partial charge in [0.1, 0.15) is 0 Å². The van der Waals surface area contributed by atoms with Gasteiger partial charge in [-0.2, -0.15) is 0 Å². The van der Waals surface area contributed by atoms with E-state index in [1.807, 2.05) is 0 Å². The lowest BCUT2D eigenvalue weighted by Gasteiger charge is -2.19. The molecule has 1 unspecified atom stereocenters. The Balaban J connectivity index is 1.95. The van der Waals surface area contributed by atoms with Crippen LogP contribution in [0.3, 0.4) is 0 Å². The van der Waals surface area contributed by atoms with Gasteiger partial charge in [0.25, 0.3) is 0 Å². The van der Waals surface area contributed by atoms with E-state index in [9.17, 15) is 0 Å². The summed E-state index contributed by atoms with van der Waals surface area (Å²) in [6.45, 7) is 6.17. The monoisotopic (exact) mass is 213 g/mol. The van der Waals surface area contributed by atoms with Crippen molar-refractivity contribution in [3.8, 4) is 0 Å². The van der Waals surface area contributed by atoms with Gasteiger partial charge in [-0.1, -0.05) is 0 Å². The number of hydrogen-bond acceptors (Lipinski definition) is 3. The van der Waals surface area contributed by atoms with Gasteiger partial charge >= 0.3 is 0 Å². The zero-order valence-electron chi connectivity index (χ0n) is 10.6. The summed E-state index contributed by atoms with van der Waals surface area (Å²) in [4.78, 5) is 4.73. The number of rotatable bonds is 7. The van der Waals surface area contributed by atoms with Gasteiger partial charge in [-0.25, -0.2) is 0 Å².